The molecule has 11 nitrogen and oxygen atoms in total. The van der Waals surface area contributed by atoms with E-state index in [2.05, 4.69) is 67.1 Å². The number of morpholine rings is 1. The zero-order valence-corrected chi connectivity index (χ0v) is 24.6. The van der Waals surface area contributed by atoms with Gasteiger partial charge in [-0.1, -0.05) is 53.7 Å². The molecule has 6 rings (SSSR count). The summed E-state index contributed by atoms with van der Waals surface area (Å²) in [7, 11) is 0. The highest BCUT2D eigenvalue weighted by atomic mass is 16.5. The monoisotopic (exact) mass is 583 g/mol. The second kappa shape index (κ2) is 14.8. The first kappa shape index (κ1) is 28.9. The molecular weight excluding hydrogens is 542 g/mol. The lowest BCUT2D eigenvalue weighted by atomic mass is 10.0. The second-order valence-electron chi connectivity index (χ2n) is 11.1. The molecule has 226 valence electrons. The number of hydrogen-bond donors (Lipinski definition) is 2. The van der Waals surface area contributed by atoms with E-state index >= 15 is 0 Å². The van der Waals surface area contributed by atoms with Crippen LogP contribution < -0.4 is 20.3 Å². The summed E-state index contributed by atoms with van der Waals surface area (Å²) in [5, 5.41) is 15.7. The number of para-hydroxylation sites is 1. The fourth-order valence-electron chi connectivity index (χ4n) is 5.46. The number of rotatable bonds is 13. The summed E-state index contributed by atoms with van der Waals surface area (Å²) >= 11 is 0. The lowest BCUT2D eigenvalue weighted by molar-refractivity contribution is 0.122. The third-order valence-electron chi connectivity index (χ3n) is 7.79. The predicted octanol–water partition coefficient (Wildman–Crippen LogP) is 4.06. The van der Waals surface area contributed by atoms with Crippen molar-refractivity contribution < 1.29 is 9.47 Å². The number of aromatic nitrogens is 5. The summed E-state index contributed by atoms with van der Waals surface area (Å²) in [5.74, 6) is 3.22. The summed E-state index contributed by atoms with van der Waals surface area (Å²) in [6, 6.07) is 23.0. The maximum Gasteiger partial charge on any atom is 0.226 e. The summed E-state index contributed by atoms with van der Waals surface area (Å²) in [4.78, 5) is 14.5. The minimum absolute atomic E-state index is 0.373. The number of benzene rings is 2. The highest BCUT2D eigenvalue weighted by molar-refractivity contribution is 5.54. The second-order valence-corrected chi connectivity index (χ2v) is 11.1. The molecule has 0 aliphatic carbocycles. The van der Waals surface area contributed by atoms with E-state index < -0.39 is 0 Å². The van der Waals surface area contributed by atoms with E-state index in [0.717, 1.165) is 81.6 Å². The van der Waals surface area contributed by atoms with Gasteiger partial charge in [-0.2, -0.15) is 9.97 Å². The third-order valence-corrected chi connectivity index (χ3v) is 7.79. The van der Waals surface area contributed by atoms with Crippen LogP contribution in [0.15, 0.2) is 72.9 Å². The summed E-state index contributed by atoms with van der Waals surface area (Å²) in [6.45, 7) is 8.02. The molecule has 11 heteroatoms. The average molecular weight is 584 g/mol. The standard InChI is InChI=1S/C32H41N9O2/c1-3-8-26(9-4-1)24-39-15-12-27(13-16-39)34-30-22-31(40-17-20-42-21-18-40)36-32(35-30)33-23-28-25-41(38-37-28)14-7-19-43-29-10-5-2-6-11-29/h1-6,8-11,22,25,27H,7,12-21,23-24H2,(H2,33,34,35,36). The SMILES string of the molecule is c1ccc(CN2CCC(Nc3cc(N4CCOCC4)nc(NCc4cn(CCCOc5ccccc5)nn4)n3)CC2)cc1. The minimum atomic E-state index is 0.373. The van der Waals surface area contributed by atoms with Crippen LogP contribution in [0, 0.1) is 0 Å². The van der Waals surface area contributed by atoms with Crippen LogP contribution in [-0.4, -0.2) is 81.9 Å². The van der Waals surface area contributed by atoms with Crippen molar-refractivity contribution in [2.45, 2.75) is 44.9 Å². The maximum absolute atomic E-state index is 5.79. The van der Waals surface area contributed by atoms with Crippen molar-refractivity contribution in [3.63, 3.8) is 0 Å². The van der Waals surface area contributed by atoms with Crippen LogP contribution in [0.25, 0.3) is 0 Å². The maximum atomic E-state index is 5.79. The van der Waals surface area contributed by atoms with Crippen molar-refractivity contribution in [3.8, 4) is 5.75 Å². The highest BCUT2D eigenvalue weighted by Crippen LogP contribution is 2.23. The number of anilines is 3. The molecular formula is C32H41N9O2. The van der Waals surface area contributed by atoms with Crippen LogP contribution in [0.4, 0.5) is 17.6 Å². The number of aryl methyl sites for hydroxylation is 1. The van der Waals surface area contributed by atoms with Crippen molar-refractivity contribution in [2.24, 2.45) is 0 Å². The van der Waals surface area contributed by atoms with E-state index in [1.54, 1.807) is 0 Å². The first-order valence-corrected chi connectivity index (χ1v) is 15.3. The van der Waals surface area contributed by atoms with Crippen molar-refractivity contribution in [3.05, 3.63) is 84.2 Å². The molecule has 0 atom stereocenters. The number of likely N-dealkylation sites (tertiary alicyclic amines) is 1. The Kier molecular flexibility index (Phi) is 9.93. The molecule has 2 aromatic carbocycles. The lowest BCUT2D eigenvalue weighted by Gasteiger charge is -2.33. The van der Waals surface area contributed by atoms with Crippen LogP contribution in [0.1, 0.15) is 30.5 Å². The number of ether oxygens (including phenoxy) is 2. The number of nitrogens with one attached hydrogen (secondary N) is 2. The van der Waals surface area contributed by atoms with E-state index in [9.17, 15) is 0 Å². The zero-order valence-electron chi connectivity index (χ0n) is 24.6. The van der Waals surface area contributed by atoms with E-state index in [1.807, 2.05) is 41.2 Å². The van der Waals surface area contributed by atoms with Crippen LogP contribution in [0.5, 0.6) is 5.75 Å². The number of hydrogen-bond acceptors (Lipinski definition) is 10. The van der Waals surface area contributed by atoms with Gasteiger partial charge in [0.1, 0.15) is 23.1 Å². The van der Waals surface area contributed by atoms with Crippen molar-refractivity contribution in [1.82, 2.24) is 29.9 Å². The van der Waals surface area contributed by atoms with E-state index in [0.29, 0.717) is 38.4 Å². The fourth-order valence-corrected chi connectivity index (χ4v) is 5.46. The van der Waals surface area contributed by atoms with Crippen molar-refractivity contribution >= 4 is 17.6 Å². The molecule has 2 aliphatic rings. The third kappa shape index (κ3) is 8.65. The Morgan fingerprint density at radius 2 is 1.67 bits per heavy atom. The van der Waals surface area contributed by atoms with Gasteiger partial charge in [0.05, 0.1) is 32.6 Å². The molecule has 2 aromatic heterocycles. The van der Waals surface area contributed by atoms with Gasteiger partial charge in [-0.3, -0.25) is 9.58 Å². The van der Waals surface area contributed by atoms with Gasteiger partial charge in [0.2, 0.25) is 5.95 Å². The van der Waals surface area contributed by atoms with Crippen LogP contribution in [0.3, 0.4) is 0 Å². The first-order valence-electron chi connectivity index (χ1n) is 15.3. The van der Waals surface area contributed by atoms with Gasteiger partial charge in [-0.15, -0.1) is 5.10 Å². The highest BCUT2D eigenvalue weighted by Gasteiger charge is 2.21. The topological polar surface area (TPSA) is 105 Å². The largest absolute Gasteiger partial charge is 0.494 e. The molecule has 43 heavy (non-hydrogen) atoms. The molecule has 4 heterocycles. The van der Waals surface area contributed by atoms with Gasteiger partial charge >= 0.3 is 0 Å². The molecule has 4 aromatic rings. The van der Waals surface area contributed by atoms with Crippen LogP contribution in [0.2, 0.25) is 0 Å². The molecule has 2 fully saturated rings. The summed E-state index contributed by atoms with van der Waals surface area (Å²) < 4.78 is 13.2. The van der Waals surface area contributed by atoms with E-state index in [4.69, 9.17) is 19.4 Å². The molecule has 0 radical (unpaired) electrons. The molecule has 2 aliphatic heterocycles. The van der Waals surface area contributed by atoms with Gasteiger partial charge in [0.15, 0.2) is 0 Å². The molecule has 0 spiro atoms. The van der Waals surface area contributed by atoms with E-state index in [1.165, 1.54) is 5.56 Å². The van der Waals surface area contributed by atoms with Gasteiger partial charge < -0.3 is 25.0 Å². The average Bonchev–Trinajstić information content (AvgIpc) is 3.52. The molecule has 0 saturated carbocycles. The molecule has 0 bridgehead atoms. The number of piperidine rings is 1. The van der Waals surface area contributed by atoms with Gasteiger partial charge in [-0.05, 0) is 30.5 Å². The van der Waals surface area contributed by atoms with Gasteiger partial charge in [-0.25, -0.2) is 0 Å². The van der Waals surface area contributed by atoms with Crippen molar-refractivity contribution in [2.75, 3.05) is 61.5 Å². The Morgan fingerprint density at radius 1 is 0.907 bits per heavy atom. The summed E-state index contributed by atoms with van der Waals surface area (Å²) in [6.07, 6.45) is 4.96. The van der Waals surface area contributed by atoms with Crippen molar-refractivity contribution in [1.29, 1.82) is 0 Å². The smallest absolute Gasteiger partial charge is 0.226 e. The Balaban J connectivity index is 1.03. The minimum Gasteiger partial charge on any atom is -0.494 e. The Bertz CT molecular complexity index is 1390. The lowest BCUT2D eigenvalue weighted by Crippen LogP contribution is -2.39. The first-order chi connectivity index (χ1) is 21.3. The zero-order chi connectivity index (χ0) is 29.1. The number of nitrogens with zero attached hydrogens (tertiary/aromatic N) is 7. The molecule has 2 saturated heterocycles. The van der Waals surface area contributed by atoms with Crippen LogP contribution in [-0.2, 0) is 24.4 Å². The van der Waals surface area contributed by atoms with E-state index in [-0.39, 0.29) is 0 Å². The Labute approximate surface area is 253 Å². The Hall–Kier alpha value is -4.22. The normalized spacial score (nSPS) is 16.2. The van der Waals surface area contributed by atoms with Crippen LogP contribution >= 0.6 is 0 Å². The molecule has 0 amide bonds. The molecule has 0 unspecified atom stereocenters. The summed E-state index contributed by atoms with van der Waals surface area (Å²) in [5.41, 5.74) is 2.21. The predicted molar refractivity (Wildman–Crippen MR) is 167 cm³/mol. The van der Waals surface area contributed by atoms with Gasteiger partial charge in [0.25, 0.3) is 0 Å². The fraction of sp³-hybridized carbons (Fsp3) is 0.438. The Morgan fingerprint density at radius 3 is 2.47 bits per heavy atom. The quantitative estimate of drug-likeness (QED) is 0.224. The molecule has 2 N–H and O–H groups in total. The van der Waals surface area contributed by atoms with Gasteiger partial charge in [0, 0.05) is 57.8 Å².